The van der Waals surface area contributed by atoms with Gasteiger partial charge in [-0.15, -0.1) is 0 Å². The van der Waals surface area contributed by atoms with Crippen molar-refractivity contribution in [2.45, 2.75) is 13.8 Å². The Kier molecular flexibility index (Phi) is 5.03. The first-order chi connectivity index (χ1) is 10.9. The van der Waals surface area contributed by atoms with Crippen LogP contribution in [0.3, 0.4) is 0 Å². The Morgan fingerprint density at radius 1 is 0.783 bits per heavy atom. The summed E-state index contributed by atoms with van der Waals surface area (Å²) in [7, 11) is 0. The van der Waals surface area contributed by atoms with E-state index in [-0.39, 0.29) is 17.7 Å². The van der Waals surface area contributed by atoms with Crippen molar-refractivity contribution in [2.75, 3.05) is 16.0 Å². The Bertz CT molecular complexity index is 710. The van der Waals surface area contributed by atoms with Crippen molar-refractivity contribution in [3.8, 4) is 0 Å². The molecule has 7 heteroatoms. The number of hydrogen-bond donors (Lipinski definition) is 3. The van der Waals surface area contributed by atoms with Gasteiger partial charge in [0, 0.05) is 48.9 Å². The third kappa shape index (κ3) is 4.92. The predicted octanol–water partition coefficient (Wildman–Crippen LogP) is 2.25. The lowest BCUT2D eigenvalue weighted by atomic mass is 10.1. The van der Waals surface area contributed by atoms with Crippen molar-refractivity contribution in [3.63, 3.8) is 0 Å². The highest BCUT2D eigenvalue weighted by atomic mass is 16.2. The normalized spacial score (nSPS) is 9.83. The predicted molar refractivity (Wildman–Crippen MR) is 87.2 cm³/mol. The second-order valence-corrected chi connectivity index (χ2v) is 4.85. The minimum atomic E-state index is -0.366. The number of aromatic nitrogens is 1. The van der Waals surface area contributed by atoms with Crippen LogP contribution < -0.4 is 16.0 Å². The quantitative estimate of drug-likeness (QED) is 0.806. The maximum Gasteiger partial charge on any atom is 0.255 e. The van der Waals surface area contributed by atoms with Crippen molar-refractivity contribution in [3.05, 3.63) is 48.3 Å². The van der Waals surface area contributed by atoms with E-state index in [1.54, 1.807) is 30.6 Å². The third-order valence-corrected chi connectivity index (χ3v) is 2.77. The molecule has 118 valence electrons. The maximum atomic E-state index is 12.3. The van der Waals surface area contributed by atoms with Crippen LogP contribution in [-0.4, -0.2) is 22.7 Å². The van der Waals surface area contributed by atoms with Crippen LogP contribution in [0.25, 0.3) is 0 Å². The molecule has 0 bridgehead atoms. The molecule has 7 nitrogen and oxygen atoms in total. The number of amides is 3. The lowest BCUT2D eigenvalue weighted by Crippen LogP contribution is -2.15. The third-order valence-electron chi connectivity index (χ3n) is 2.77. The Labute approximate surface area is 133 Å². The Hall–Kier alpha value is -3.22. The molecule has 0 saturated carbocycles. The highest BCUT2D eigenvalue weighted by molar-refractivity contribution is 6.06. The zero-order valence-corrected chi connectivity index (χ0v) is 12.7. The largest absolute Gasteiger partial charge is 0.326 e. The molecular formula is C16H16N4O3. The standard InChI is InChI=1S/C16H16N4O3/c1-10(21)18-14-7-12(8-15(9-14)19-11(2)22)16(23)20-13-3-5-17-6-4-13/h3-9H,1-2H3,(H,18,21)(H,19,22)(H,17,20,23). The number of pyridine rings is 1. The number of anilines is 3. The van der Waals surface area contributed by atoms with E-state index in [0.717, 1.165) is 0 Å². The van der Waals surface area contributed by atoms with Crippen LogP contribution in [0, 0.1) is 0 Å². The second-order valence-electron chi connectivity index (χ2n) is 4.85. The smallest absolute Gasteiger partial charge is 0.255 e. The number of nitrogens with one attached hydrogen (secondary N) is 3. The molecular weight excluding hydrogens is 296 g/mol. The summed E-state index contributed by atoms with van der Waals surface area (Å²) in [6.45, 7) is 2.73. The number of carbonyl (C=O) groups excluding carboxylic acids is 3. The molecule has 1 aromatic heterocycles. The lowest BCUT2D eigenvalue weighted by Gasteiger charge is -2.11. The maximum absolute atomic E-state index is 12.3. The fourth-order valence-electron chi connectivity index (χ4n) is 1.95. The molecule has 0 aliphatic heterocycles. The first-order valence-corrected chi connectivity index (χ1v) is 6.85. The van der Waals surface area contributed by atoms with E-state index in [4.69, 9.17) is 0 Å². The second kappa shape index (κ2) is 7.17. The molecule has 3 N–H and O–H groups in total. The van der Waals surface area contributed by atoms with Gasteiger partial charge in [-0.3, -0.25) is 19.4 Å². The summed E-state index contributed by atoms with van der Waals surface area (Å²) in [4.78, 5) is 38.6. The summed E-state index contributed by atoms with van der Waals surface area (Å²) < 4.78 is 0. The SMILES string of the molecule is CC(=O)Nc1cc(NC(C)=O)cc(C(=O)Nc2ccncc2)c1. The average Bonchev–Trinajstić information content (AvgIpc) is 2.46. The van der Waals surface area contributed by atoms with Crippen LogP contribution >= 0.6 is 0 Å². The van der Waals surface area contributed by atoms with Gasteiger partial charge in [0.1, 0.15) is 0 Å². The van der Waals surface area contributed by atoms with Crippen molar-refractivity contribution < 1.29 is 14.4 Å². The summed E-state index contributed by atoms with van der Waals surface area (Å²) in [6.07, 6.45) is 3.12. The number of rotatable bonds is 4. The number of nitrogens with zero attached hydrogens (tertiary/aromatic N) is 1. The average molecular weight is 312 g/mol. The van der Waals surface area contributed by atoms with E-state index in [9.17, 15) is 14.4 Å². The fourth-order valence-corrected chi connectivity index (χ4v) is 1.95. The zero-order valence-electron chi connectivity index (χ0n) is 12.7. The van der Waals surface area contributed by atoms with Gasteiger partial charge < -0.3 is 16.0 Å². The van der Waals surface area contributed by atoms with E-state index in [2.05, 4.69) is 20.9 Å². The van der Waals surface area contributed by atoms with E-state index >= 15 is 0 Å². The molecule has 1 aromatic carbocycles. The topological polar surface area (TPSA) is 100 Å². The highest BCUT2D eigenvalue weighted by Gasteiger charge is 2.11. The molecule has 0 fully saturated rings. The van der Waals surface area contributed by atoms with Crippen LogP contribution in [0.2, 0.25) is 0 Å². The van der Waals surface area contributed by atoms with Crippen LogP contribution in [-0.2, 0) is 9.59 Å². The zero-order chi connectivity index (χ0) is 16.8. The molecule has 1 heterocycles. The Morgan fingerprint density at radius 2 is 1.30 bits per heavy atom. The van der Waals surface area contributed by atoms with Gasteiger partial charge in [0.2, 0.25) is 11.8 Å². The molecule has 23 heavy (non-hydrogen) atoms. The van der Waals surface area contributed by atoms with Crippen LogP contribution in [0.15, 0.2) is 42.7 Å². The summed E-state index contributed by atoms with van der Waals surface area (Å²) in [5.41, 5.74) is 1.74. The van der Waals surface area contributed by atoms with Gasteiger partial charge in [0.05, 0.1) is 0 Å². The van der Waals surface area contributed by atoms with Gasteiger partial charge in [-0.05, 0) is 30.3 Å². The first kappa shape index (κ1) is 16.2. The Morgan fingerprint density at radius 3 is 1.78 bits per heavy atom. The van der Waals surface area contributed by atoms with Gasteiger partial charge >= 0.3 is 0 Å². The highest BCUT2D eigenvalue weighted by Crippen LogP contribution is 2.20. The molecule has 3 amide bonds. The summed E-state index contributed by atoms with van der Waals surface area (Å²) in [5, 5.41) is 7.91. The molecule has 2 rings (SSSR count). The van der Waals surface area contributed by atoms with Crippen LogP contribution in [0.4, 0.5) is 17.1 Å². The summed E-state index contributed by atoms with van der Waals surface area (Å²) in [5.74, 6) is -0.911. The molecule has 0 aliphatic carbocycles. The molecule has 0 spiro atoms. The van der Waals surface area contributed by atoms with E-state index < -0.39 is 0 Å². The number of hydrogen-bond acceptors (Lipinski definition) is 4. The van der Waals surface area contributed by atoms with Crippen molar-refractivity contribution in [2.24, 2.45) is 0 Å². The van der Waals surface area contributed by atoms with Gasteiger partial charge in [0.15, 0.2) is 0 Å². The van der Waals surface area contributed by atoms with Gasteiger partial charge in [-0.1, -0.05) is 0 Å². The van der Waals surface area contributed by atoms with E-state index in [0.29, 0.717) is 22.6 Å². The number of benzene rings is 1. The summed E-state index contributed by atoms with van der Waals surface area (Å²) >= 11 is 0. The molecule has 0 saturated heterocycles. The van der Waals surface area contributed by atoms with Gasteiger partial charge in [-0.2, -0.15) is 0 Å². The van der Waals surface area contributed by atoms with E-state index in [1.165, 1.54) is 26.0 Å². The van der Waals surface area contributed by atoms with Crippen LogP contribution in [0.5, 0.6) is 0 Å². The van der Waals surface area contributed by atoms with Crippen molar-refractivity contribution >= 4 is 34.8 Å². The molecule has 0 unspecified atom stereocenters. The fraction of sp³-hybridized carbons (Fsp3) is 0.125. The molecule has 0 aliphatic rings. The molecule has 0 radical (unpaired) electrons. The van der Waals surface area contributed by atoms with Crippen LogP contribution in [0.1, 0.15) is 24.2 Å². The van der Waals surface area contributed by atoms with Gasteiger partial charge in [-0.25, -0.2) is 0 Å². The monoisotopic (exact) mass is 312 g/mol. The minimum absolute atomic E-state index is 0.273. The van der Waals surface area contributed by atoms with Gasteiger partial charge in [0.25, 0.3) is 5.91 Å². The lowest BCUT2D eigenvalue weighted by molar-refractivity contribution is -0.115. The number of carbonyl (C=O) groups is 3. The molecule has 2 aromatic rings. The molecule has 0 atom stereocenters. The Balaban J connectivity index is 2.29. The van der Waals surface area contributed by atoms with Crippen molar-refractivity contribution in [1.82, 2.24) is 4.98 Å². The summed E-state index contributed by atoms with van der Waals surface area (Å²) in [6, 6.07) is 7.95. The van der Waals surface area contributed by atoms with Crippen molar-refractivity contribution in [1.29, 1.82) is 0 Å². The minimum Gasteiger partial charge on any atom is -0.326 e. The first-order valence-electron chi connectivity index (χ1n) is 6.85. The van der Waals surface area contributed by atoms with E-state index in [1.807, 2.05) is 0 Å².